The number of aromatic nitrogens is 2. The van der Waals surface area contributed by atoms with E-state index in [1.54, 1.807) is 17.0 Å². The minimum Gasteiger partial charge on any atom is -0.379 e. The molecule has 1 saturated heterocycles. The minimum absolute atomic E-state index is 0.171. The topological polar surface area (TPSA) is 62.6 Å². The Bertz CT molecular complexity index is 1190. The second kappa shape index (κ2) is 13.8. The molecule has 0 aliphatic carbocycles. The van der Waals surface area contributed by atoms with Gasteiger partial charge in [0.15, 0.2) is 0 Å². The summed E-state index contributed by atoms with van der Waals surface area (Å²) in [6.07, 6.45) is 2.08. The molecule has 8 heteroatoms. The first-order chi connectivity index (χ1) is 18.4. The van der Waals surface area contributed by atoms with Gasteiger partial charge in [-0.3, -0.25) is 9.69 Å². The van der Waals surface area contributed by atoms with Crippen LogP contribution in [-0.2, 0) is 24.4 Å². The molecule has 38 heavy (non-hydrogen) atoms. The molecule has 0 atom stereocenters. The molecule has 1 N–H and O–H groups in total. The second-order valence-corrected chi connectivity index (χ2v) is 10.6. The number of rotatable bonds is 13. The van der Waals surface area contributed by atoms with E-state index in [0.717, 1.165) is 82.2 Å². The third-order valence-corrected chi connectivity index (χ3v) is 6.88. The van der Waals surface area contributed by atoms with Gasteiger partial charge in [0.2, 0.25) is 0 Å². The van der Waals surface area contributed by atoms with Gasteiger partial charge in [-0.25, -0.2) is 9.37 Å². The number of amides is 1. The van der Waals surface area contributed by atoms with Crippen molar-refractivity contribution >= 4 is 16.9 Å². The Balaban J connectivity index is 1.45. The summed E-state index contributed by atoms with van der Waals surface area (Å²) in [4.78, 5) is 22.6. The van der Waals surface area contributed by atoms with Gasteiger partial charge in [-0.05, 0) is 67.7 Å². The first kappa shape index (κ1) is 28.2. The molecule has 2 aromatic carbocycles. The Morgan fingerprint density at radius 1 is 1.16 bits per heavy atom. The number of nitrogens with one attached hydrogen (secondary N) is 1. The monoisotopic (exact) mass is 523 g/mol. The fourth-order valence-corrected chi connectivity index (χ4v) is 5.05. The van der Waals surface area contributed by atoms with E-state index in [1.165, 1.54) is 17.7 Å². The maximum absolute atomic E-state index is 13.8. The Labute approximate surface area is 226 Å². The smallest absolute Gasteiger partial charge is 0.254 e. The van der Waals surface area contributed by atoms with E-state index < -0.39 is 5.82 Å². The lowest BCUT2D eigenvalue weighted by atomic mass is 10.1. The van der Waals surface area contributed by atoms with Crippen molar-refractivity contribution in [2.45, 2.75) is 53.2 Å². The van der Waals surface area contributed by atoms with Gasteiger partial charge in [0.05, 0.1) is 30.8 Å². The minimum atomic E-state index is -0.402. The Morgan fingerprint density at radius 3 is 2.71 bits per heavy atom. The number of ether oxygens (including phenoxy) is 1. The van der Waals surface area contributed by atoms with Gasteiger partial charge in [-0.1, -0.05) is 32.9 Å². The number of imidazole rings is 1. The molecule has 0 spiro atoms. The van der Waals surface area contributed by atoms with E-state index in [1.807, 2.05) is 0 Å². The van der Waals surface area contributed by atoms with Crippen LogP contribution in [0.15, 0.2) is 42.5 Å². The Kier molecular flexibility index (Phi) is 10.3. The number of carbonyl (C=O) groups excluding carboxylic acids is 1. The average molecular weight is 524 g/mol. The van der Waals surface area contributed by atoms with E-state index in [-0.39, 0.29) is 11.8 Å². The van der Waals surface area contributed by atoms with Crippen LogP contribution in [-0.4, -0.2) is 71.2 Å². The molecule has 0 unspecified atom stereocenters. The molecule has 1 aliphatic heterocycles. The van der Waals surface area contributed by atoms with Gasteiger partial charge in [0.25, 0.3) is 5.91 Å². The zero-order valence-corrected chi connectivity index (χ0v) is 23.1. The van der Waals surface area contributed by atoms with E-state index in [2.05, 4.69) is 53.8 Å². The lowest BCUT2D eigenvalue weighted by Crippen LogP contribution is -2.37. The van der Waals surface area contributed by atoms with Crippen molar-refractivity contribution in [3.63, 3.8) is 0 Å². The van der Waals surface area contributed by atoms with E-state index >= 15 is 0 Å². The third-order valence-electron chi connectivity index (χ3n) is 6.88. The van der Waals surface area contributed by atoms with Gasteiger partial charge >= 0.3 is 0 Å². The lowest BCUT2D eigenvalue weighted by molar-refractivity contribution is 0.0374. The van der Waals surface area contributed by atoms with E-state index in [9.17, 15) is 9.18 Å². The lowest BCUT2D eigenvalue weighted by Gasteiger charge is -2.26. The summed E-state index contributed by atoms with van der Waals surface area (Å²) in [6, 6.07) is 12.4. The Hall–Kier alpha value is -2.81. The molecule has 7 nitrogen and oxygen atoms in total. The summed E-state index contributed by atoms with van der Waals surface area (Å²) in [7, 11) is 0. The first-order valence-electron chi connectivity index (χ1n) is 14.0. The number of aryl methyl sites for hydroxylation is 1. The standard InChI is InChI=1S/C30H42FN5O2/c1-4-12-36-28-10-9-24(20-32-11-6-13-34-14-16-38-17-15-34)18-27(28)33-29(36)22-35(21-23(2)3)30(37)25-7-5-8-26(31)19-25/h5,7-10,18-19,23,32H,4,6,11-17,20-22H2,1-3H3. The van der Waals surface area contributed by atoms with Crippen LogP contribution in [0, 0.1) is 11.7 Å². The summed E-state index contributed by atoms with van der Waals surface area (Å²) < 4.78 is 21.5. The molecule has 0 bridgehead atoms. The number of fused-ring (bicyclic) bond motifs is 1. The quantitative estimate of drug-likeness (QED) is 0.329. The fourth-order valence-electron chi connectivity index (χ4n) is 5.05. The molecule has 2 heterocycles. The predicted octanol–water partition coefficient (Wildman–Crippen LogP) is 4.70. The zero-order chi connectivity index (χ0) is 26.9. The van der Waals surface area contributed by atoms with E-state index in [4.69, 9.17) is 9.72 Å². The number of halogens is 1. The van der Waals surface area contributed by atoms with Crippen LogP contribution in [0.5, 0.6) is 0 Å². The molecular weight excluding hydrogens is 481 g/mol. The van der Waals surface area contributed by atoms with Crippen molar-refractivity contribution in [3.05, 3.63) is 65.2 Å². The highest BCUT2D eigenvalue weighted by atomic mass is 19.1. The van der Waals surface area contributed by atoms with Gasteiger partial charge in [-0.2, -0.15) is 0 Å². The first-order valence-corrected chi connectivity index (χ1v) is 14.0. The summed E-state index contributed by atoms with van der Waals surface area (Å²) in [5.41, 5.74) is 3.60. The second-order valence-electron chi connectivity index (χ2n) is 10.6. The number of benzene rings is 2. The van der Waals surface area contributed by atoms with Crippen LogP contribution in [0.4, 0.5) is 4.39 Å². The van der Waals surface area contributed by atoms with Gasteiger partial charge < -0.3 is 19.5 Å². The van der Waals surface area contributed by atoms with Gasteiger partial charge in [-0.15, -0.1) is 0 Å². The fraction of sp³-hybridized carbons (Fsp3) is 0.533. The third kappa shape index (κ3) is 7.62. The number of carbonyl (C=O) groups is 1. The maximum atomic E-state index is 13.8. The van der Waals surface area contributed by atoms with Crippen molar-refractivity contribution < 1.29 is 13.9 Å². The van der Waals surface area contributed by atoms with Crippen molar-refractivity contribution in [2.24, 2.45) is 5.92 Å². The maximum Gasteiger partial charge on any atom is 0.254 e. The molecule has 3 aromatic rings. The highest BCUT2D eigenvalue weighted by Crippen LogP contribution is 2.21. The number of nitrogens with zero attached hydrogens (tertiary/aromatic N) is 4. The van der Waals surface area contributed by atoms with Crippen molar-refractivity contribution in [2.75, 3.05) is 45.9 Å². The number of morpholine rings is 1. The van der Waals surface area contributed by atoms with Crippen LogP contribution in [0.1, 0.15) is 55.4 Å². The normalized spacial score (nSPS) is 14.4. The van der Waals surface area contributed by atoms with Crippen molar-refractivity contribution in [3.8, 4) is 0 Å². The summed E-state index contributed by atoms with van der Waals surface area (Å²) in [5, 5.41) is 3.57. The molecule has 1 amide bonds. The van der Waals surface area contributed by atoms with Crippen molar-refractivity contribution in [1.29, 1.82) is 0 Å². The molecule has 0 saturated carbocycles. The highest BCUT2D eigenvalue weighted by Gasteiger charge is 2.21. The average Bonchev–Trinajstić information content (AvgIpc) is 3.24. The molecule has 1 aliphatic rings. The Morgan fingerprint density at radius 2 is 1.97 bits per heavy atom. The molecule has 4 rings (SSSR count). The van der Waals surface area contributed by atoms with Gasteiger partial charge in [0.1, 0.15) is 11.6 Å². The van der Waals surface area contributed by atoms with Gasteiger partial charge in [0, 0.05) is 38.3 Å². The summed E-state index contributed by atoms with van der Waals surface area (Å²) in [5.74, 6) is 0.566. The SMILES string of the molecule is CCCn1c(CN(CC(C)C)C(=O)c2cccc(F)c2)nc2cc(CNCCCN3CCOCC3)ccc21. The highest BCUT2D eigenvalue weighted by molar-refractivity contribution is 5.94. The summed E-state index contributed by atoms with van der Waals surface area (Å²) in [6.45, 7) is 14.7. The van der Waals surface area contributed by atoms with Crippen LogP contribution in [0.3, 0.4) is 0 Å². The molecule has 1 fully saturated rings. The van der Waals surface area contributed by atoms with E-state index in [0.29, 0.717) is 18.7 Å². The molecular formula is C30H42FN5O2. The van der Waals surface area contributed by atoms with Crippen LogP contribution in [0.25, 0.3) is 11.0 Å². The van der Waals surface area contributed by atoms with Crippen LogP contribution >= 0.6 is 0 Å². The number of hydrogen-bond donors (Lipinski definition) is 1. The summed E-state index contributed by atoms with van der Waals surface area (Å²) >= 11 is 0. The molecule has 0 radical (unpaired) electrons. The predicted molar refractivity (Wildman–Crippen MR) is 150 cm³/mol. The van der Waals surface area contributed by atoms with Crippen molar-refractivity contribution in [1.82, 2.24) is 24.7 Å². The molecule has 1 aromatic heterocycles. The van der Waals surface area contributed by atoms with Crippen LogP contribution < -0.4 is 5.32 Å². The number of hydrogen-bond acceptors (Lipinski definition) is 5. The zero-order valence-electron chi connectivity index (χ0n) is 23.1. The largest absolute Gasteiger partial charge is 0.379 e. The van der Waals surface area contributed by atoms with Crippen LogP contribution in [0.2, 0.25) is 0 Å². The molecule has 206 valence electrons.